The third-order valence-corrected chi connectivity index (χ3v) is 9.06. The molecule has 2 aliphatic rings. The number of anilines is 2. The van der Waals surface area contributed by atoms with Crippen molar-refractivity contribution >= 4 is 23.7 Å². The highest BCUT2D eigenvalue weighted by atomic mass is 19.4. The Morgan fingerprint density at radius 2 is 1.88 bits per heavy atom. The van der Waals surface area contributed by atoms with E-state index in [0.29, 0.717) is 61.5 Å². The Balaban J connectivity index is 1.35. The molecule has 2 atom stereocenters. The van der Waals surface area contributed by atoms with Gasteiger partial charge in [-0.3, -0.25) is 4.79 Å². The number of nitrogen functional groups attached to an aromatic ring is 1. The number of benzene rings is 2. The van der Waals surface area contributed by atoms with Gasteiger partial charge in [0.05, 0.1) is 23.6 Å². The van der Waals surface area contributed by atoms with E-state index >= 15 is 13.2 Å². The molecule has 4 aromatic rings. The summed E-state index contributed by atoms with van der Waals surface area (Å²) >= 11 is 0. The summed E-state index contributed by atoms with van der Waals surface area (Å²) in [5, 5.41) is 16.8. The predicted octanol–water partition coefficient (Wildman–Crippen LogP) is 5.11. The number of alkyl halides is 3. The fraction of sp³-hybridized carbons (Fsp3) is 0.382. The number of rotatable bonds is 9. The smallest absolute Gasteiger partial charge is 0.429 e. The van der Waals surface area contributed by atoms with Gasteiger partial charge in [-0.15, -0.1) is 0 Å². The van der Waals surface area contributed by atoms with Gasteiger partial charge in [0.25, 0.3) is 0 Å². The second kappa shape index (κ2) is 13.4. The molecule has 2 fully saturated rings. The molecular weight excluding hydrogens is 643 g/mol. The molecule has 2 unspecified atom stereocenters. The fourth-order valence-electron chi connectivity index (χ4n) is 6.57. The lowest BCUT2D eigenvalue weighted by atomic mass is 9.76. The first-order valence-corrected chi connectivity index (χ1v) is 15.9. The summed E-state index contributed by atoms with van der Waals surface area (Å²) in [4.78, 5) is 34.4. The third-order valence-electron chi connectivity index (χ3n) is 9.06. The van der Waals surface area contributed by atoms with Crippen molar-refractivity contribution in [3.05, 3.63) is 77.6 Å². The molecule has 0 radical (unpaired) electrons. The van der Waals surface area contributed by atoms with Crippen molar-refractivity contribution in [2.75, 3.05) is 36.9 Å². The van der Waals surface area contributed by atoms with E-state index in [1.165, 1.54) is 22.9 Å². The van der Waals surface area contributed by atoms with Crippen molar-refractivity contribution < 1.29 is 37.3 Å². The summed E-state index contributed by atoms with van der Waals surface area (Å²) in [6.45, 7) is 5.09. The number of aryl methyl sites for hydroxylation is 1. The number of carboxylic acid groups (broad SMARTS) is 1. The SMILES string of the molecule is CCOC(=O)c1ccccc1-c1ccc(-n2ccc(C)n2)c(C(Oc2cc(N3CCC4(CC3)CNC(C(=O)O)C4)nc(N)n2)C(F)(F)F)c1. The van der Waals surface area contributed by atoms with Gasteiger partial charge < -0.3 is 30.5 Å². The minimum Gasteiger partial charge on any atom is -0.480 e. The maximum absolute atomic E-state index is 15.1. The van der Waals surface area contributed by atoms with E-state index in [0.717, 1.165) is 0 Å². The van der Waals surface area contributed by atoms with Gasteiger partial charge in [0.15, 0.2) is 0 Å². The highest BCUT2D eigenvalue weighted by Gasteiger charge is 2.46. The summed E-state index contributed by atoms with van der Waals surface area (Å²) in [6.07, 6.45) is -4.06. The van der Waals surface area contributed by atoms with E-state index in [9.17, 15) is 14.7 Å². The highest BCUT2D eigenvalue weighted by molar-refractivity contribution is 5.97. The molecule has 0 amide bonds. The Labute approximate surface area is 280 Å². The highest BCUT2D eigenvalue weighted by Crippen LogP contribution is 2.43. The number of nitrogens with two attached hydrogens (primary N) is 1. The largest absolute Gasteiger partial charge is 0.480 e. The van der Waals surface area contributed by atoms with Crippen LogP contribution in [0, 0.1) is 12.3 Å². The van der Waals surface area contributed by atoms with Crippen molar-refractivity contribution in [2.24, 2.45) is 5.41 Å². The van der Waals surface area contributed by atoms with Crippen LogP contribution in [0.25, 0.3) is 16.8 Å². The van der Waals surface area contributed by atoms with Crippen molar-refractivity contribution in [1.29, 1.82) is 0 Å². The fourth-order valence-corrected chi connectivity index (χ4v) is 6.57. The van der Waals surface area contributed by atoms with Crippen molar-refractivity contribution in [2.45, 2.75) is 51.4 Å². The zero-order valence-corrected chi connectivity index (χ0v) is 26.9. The number of ether oxygens (including phenoxy) is 2. The summed E-state index contributed by atoms with van der Waals surface area (Å²) in [7, 11) is 0. The molecule has 15 heteroatoms. The normalized spacial score (nSPS) is 18.0. The molecule has 12 nitrogen and oxygen atoms in total. The van der Waals surface area contributed by atoms with E-state index in [-0.39, 0.29) is 40.7 Å². The standard InChI is InChI=1S/C34H36F3N7O5/c1-3-48-31(47)23-7-5-4-6-22(23)21-8-9-26(44-13-10-20(2)42-44)24(16-21)29(34(35,36)37)49-28-17-27(40-32(38)41-28)43-14-11-33(12-15-43)18-25(30(45)46)39-19-33/h4-10,13,16-17,25,29,39H,3,11-12,14-15,18-19H2,1-2H3,(H,45,46)(H2,38,40,41). The topological polar surface area (TPSA) is 158 Å². The summed E-state index contributed by atoms with van der Waals surface area (Å²) in [5.74, 6) is -1.82. The van der Waals surface area contributed by atoms with Crippen molar-refractivity contribution in [3.8, 4) is 22.7 Å². The molecule has 2 aromatic heterocycles. The average molecular weight is 680 g/mol. The first-order chi connectivity index (χ1) is 23.4. The summed E-state index contributed by atoms with van der Waals surface area (Å²) in [6, 6.07) is 13.4. The summed E-state index contributed by atoms with van der Waals surface area (Å²) in [5.41, 5.74) is 7.18. The lowest BCUT2D eigenvalue weighted by Gasteiger charge is -2.39. The number of carbonyl (C=O) groups excluding carboxylic acids is 1. The molecular formula is C34H36F3N7O5. The van der Waals surface area contributed by atoms with E-state index < -0.39 is 30.3 Å². The van der Waals surface area contributed by atoms with E-state index in [1.807, 2.05) is 4.90 Å². The van der Waals surface area contributed by atoms with Gasteiger partial charge in [-0.2, -0.15) is 28.2 Å². The molecule has 49 heavy (non-hydrogen) atoms. The number of nitrogens with zero attached hydrogens (tertiary/aromatic N) is 5. The Morgan fingerprint density at radius 1 is 1.12 bits per heavy atom. The third kappa shape index (κ3) is 7.16. The Hall–Kier alpha value is -5.18. The molecule has 258 valence electrons. The van der Waals surface area contributed by atoms with Gasteiger partial charge in [0.2, 0.25) is 17.9 Å². The van der Waals surface area contributed by atoms with Crippen LogP contribution in [-0.2, 0) is 9.53 Å². The molecule has 2 aliphatic heterocycles. The zero-order chi connectivity index (χ0) is 34.9. The molecule has 1 spiro atoms. The number of carbonyl (C=O) groups is 2. The monoisotopic (exact) mass is 679 g/mol. The van der Waals surface area contributed by atoms with E-state index in [1.54, 1.807) is 56.4 Å². The molecule has 2 aromatic carbocycles. The van der Waals surface area contributed by atoms with Crippen LogP contribution in [0.1, 0.15) is 53.9 Å². The van der Waals surface area contributed by atoms with Crippen LogP contribution in [0.4, 0.5) is 24.9 Å². The molecule has 2 saturated heterocycles. The lowest BCUT2D eigenvalue weighted by Crippen LogP contribution is -2.41. The maximum Gasteiger partial charge on any atom is 0.429 e. The molecule has 0 aliphatic carbocycles. The van der Waals surface area contributed by atoms with Crippen LogP contribution in [0.3, 0.4) is 0 Å². The maximum atomic E-state index is 15.1. The molecule has 0 bridgehead atoms. The second-order valence-corrected chi connectivity index (χ2v) is 12.4. The molecule has 4 N–H and O–H groups in total. The van der Waals surface area contributed by atoms with Crippen LogP contribution in [0.15, 0.2) is 60.8 Å². The number of aromatic nitrogens is 4. The number of piperidine rings is 1. The first kappa shape index (κ1) is 33.7. The number of aliphatic carboxylic acids is 1. The average Bonchev–Trinajstić information content (AvgIpc) is 3.69. The molecule has 4 heterocycles. The first-order valence-electron chi connectivity index (χ1n) is 15.9. The van der Waals surface area contributed by atoms with Crippen molar-refractivity contribution in [1.82, 2.24) is 25.1 Å². The van der Waals surface area contributed by atoms with Crippen LogP contribution in [0.2, 0.25) is 0 Å². The molecule has 6 rings (SSSR count). The van der Waals surface area contributed by atoms with Crippen LogP contribution >= 0.6 is 0 Å². The van der Waals surface area contributed by atoms with Crippen molar-refractivity contribution in [3.63, 3.8) is 0 Å². The van der Waals surface area contributed by atoms with Crippen LogP contribution in [0.5, 0.6) is 5.88 Å². The van der Waals surface area contributed by atoms with Gasteiger partial charge in [0.1, 0.15) is 11.9 Å². The Morgan fingerprint density at radius 3 is 2.53 bits per heavy atom. The molecule has 0 saturated carbocycles. The summed E-state index contributed by atoms with van der Waals surface area (Å²) < 4.78 is 57.5. The van der Waals surface area contributed by atoms with Crippen LogP contribution in [-0.4, -0.2) is 75.3 Å². The van der Waals surface area contributed by atoms with E-state index in [4.69, 9.17) is 15.2 Å². The van der Waals surface area contributed by atoms with Gasteiger partial charge in [-0.05, 0) is 73.9 Å². The number of halogens is 3. The minimum atomic E-state index is -4.93. The lowest BCUT2D eigenvalue weighted by molar-refractivity contribution is -0.198. The van der Waals surface area contributed by atoms with Gasteiger partial charge in [-0.1, -0.05) is 24.3 Å². The minimum absolute atomic E-state index is 0.112. The number of esters is 1. The van der Waals surface area contributed by atoms with Crippen LogP contribution < -0.4 is 20.7 Å². The van der Waals surface area contributed by atoms with Gasteiger partial charge in [0, 0.05) is 37.5 Å². The number of carboxylic acids is 1. The predicted molar refractivity (Wildman–Crippen MR) is 173 cm³/mol. The zero-order valence-electron chi connectivity index (χ0n) is 26.9. The quantitative estimate of drug-likeness (QED) is 0.202. The van der Waals surface area contributed by atoms with E-state index in [2.05, 4.69) is 20.4 Å². The Bertz CT molecular complexity index is 1860. The number of hydrogen-bond acceptors (Lipinski definition) is 10. The Kier molecular flexibility index (Phi) is 9.20. The second-order valence-electron chi connectivity index (χ2n) is 12.4. The number of hydrogen-bond donors (Lipinski definition) is 3. The van der Waals surface area contributed by atoms with Gasteiger partial charge in [-0.25, -0.2) is 9.48 Å². The number of nitrogens with one attached hydrogen (secondary N) is 1. The van der Waals surface area contributed by atoms with Gasteiger partial charge >= 0.3 is 18.1 Å².